The molecule has 0 saturated carbocycles. The minimum absolute atomic E-state index is 0.0377. The molecule has 0 radical (unpaired) electrons. The van der Waals surface area contributed by atoms with Gasteiger partial charge in [-0.2, -0.15) is 0 Å². The van der Waals surface area contributed by atoms with Crippen LogP contribution in [0.4, 0.5) is 0 Å². The van der Waals surface area contributed by atoms with Crippen LogP contribution in [-0.4, -0.2) is 13.5 Å². The third-order valence-corrected chi connectivity index (χ3v) is 5.45. The van der Waals surface area contributed by atoms with Gasteiger partial charge in [0.1, 0.15) is 15.0 Å². The van der Waals surface area contributed by atoms with Crippen molar-refractivity contribution < 1.29 is 13.5 Å². The highest BCUT2D eigenvalue weighted by atomic mass is 35.5. The number of aromatic hydroxyl groups is 1. The molecular formula is C11H9Cl2NO3S2. The van der Waals surface area contributed by atoms with Crippen LogP contribution in [0.2, 0.25) is 8.67 Å². The number of halogens is 2. The van der Waals surface area contributed by atoms with Gasteiger partial charge in [-0.1, -0.05) is 35.3 Å². The highest BCUT2D eigenvalue weighted by molar-refractivity contribution is 7.89. The third kappa shape index (κ3) is 3.61. The predicted molar refractivity (Wildman–Crippen MR) is 76.5 cm³/mol. The molecule has 2 aromatic rings. The van der Waals surface area contributed by atoms with Crippen LogP contribution in [0.3, 0.4) is 0 Å². The Labute approximate surface area is 124 Å². The highest BCUT2D eigenvalue weighted by Gasteiger charge is 2.20. The Hall–Kier alpha value is -0.790. The summed E-state index contributed by atoms with van der Waals surface area (Å²) >= 11 is 12.5. The van der Waals surface area contributed by atoms with E-state index in [-0.39, 0.29) is 21.5 Å². The van der Waals surface area contributed by atoms with E-state index < -0.39 is 10.0 Å². The molecule has 19 heavy (non-hydrogen) atoms. The van der Waals surface area contributed by atoms with Crippen molar-refractivity contribution >= 4 is 44.6 Å². The summed E-state index contributed by atoms with van der Waals surface area (Å²) in [7, 11) is -3.72. The molecule has 0 spiro atoms. The number of thiophene rings is 1. The van der Waals surface area contributed by atoms with Crippen LogP contribution in [0.1, 0.15) is 5.56 Å². The summed E-state index contributed by atoms with van der Waals surface area (Å²) in [6.45, 7) is 0.0561. The molecular weight excluding hydrogens is 329 g/mol. The van der Waals surface area contributed by atoms with Crippen LogP contribution in [0.25, 0.3) is 0 Å². The number of sulfonamides is 1. The van der Waals surface area contributed by atoms with E-state index in [1.807, 2.05) is 0 Å². The van der Waals surface area contributed by atoms with Crippen molar-refractivity contribution in [3.05, 3.63) is 44.6 Å². The van der Waals surface area contributed by atoms with Crippen molar-refractivity contribution in [2.45, 2.75) is 11.4 Å². The minimum atomic E-state index is -3.72. The molecule has 8 heteroatoms. The lowest BCUT2D eigenvalue weighted by atomic mass is 10.2. The smallest absolute Gasteiger partial charge is 0.243 e. The zero-order valence-corrected chi connectivity index (χ0v) is 12.6. The average Bonchev–Trinajstić information content (AvgIpc) is 2.67. The van der Waals surface area contributed by atoms with Gasteiger partial charge in [-0.3, -0.25) is 0 Å². The van der Waals surface area contributed by atoms with Crippen LogP contribution >= 0.6 is 34.5 Å². The molecule has 2 N–H and O–H groups in total. The first kappa shape index (κ1) is 14.6. The van der Waals surface area contributed by atoms with Crippen LogP contribution in [0.15, 0.2) is 35.2 Å². The predicted octanol–water partition coefficient (Wildman–Crippen LogP) is 3.24. The maximum atomic E-state index is 12.0. The number of hydrogen-bond acceptors (Lipinski definition) is 4. The Morgan fingerprint density at radius 2 is 2.00 bits per heavy atom. The molecule has 0 fully saturated rings. The van der Waals surface area contributed by atoms with E-state index in [2.05, 4.69) is 4.72 Å². The summed E-state index contributed by atoms with van der Waals surface area (Å²) in [5.74, 6) is 0.0771. The lowest BCUT2D eigenvalue weighted by molar-refractivity contribution is 0.474. The van der Waals surface area contributed by atoms with Crippen molar-refractivity contribution in [1.82, 2.24) is 4.72 Å². The van der Waals surface area contributed by atoms with Gasteiger partial charge in [-0.25, -0.2) is 13.1 Å². The number of hydrogen-bond donors (Lipinski definition) is 2. The maximum absolute atomic E-state index is 12.0. The molecule has 0 amide bonds. The highest BCUT2D eigenvalue weighted by Crippen LogP contribution is 2.34. The van der Waals surface area contributed by atoms with Crippen molar-refractivity contribution in [2.24, 2.45) is 0 Å². The zero-order valence-electron chi connectivity index (χ0n) is 9.43. The van der Waals surface area contributed by atoms with Gasteiger partial charge >= 0.3 is 0 Å². The molecule has 0 aliphatic carbocycles. The van der Waals surface area contributed by atoms with E-state index in [0.717, 1.165) is 11.3 Å². The Balaban J connectivity index is 2.16. The van der Waals surface area contributed by atoms with E-state index in [1.54, 1.807) is 12.1 Å². The first-order valence-corrected chi connectivity index (χ1v) is 8.16. The van der Waals surface area contributed by atoms with Gasteiger partial charge in [0.05, 0.1) is 4.34 Å². The normalized spacial score (nSPS) is 11.7. The van der Waals surface area contributed by atoms with Crippen molar-refractivity contribution in [3.63, 3.8) is 0 Å². The van der Waals surface area contributed by atoms with Gasteiger partial charge in [0.25, 0.3) is 0 Å². The second-order valence-electron chi connectivity index (χ2n) is 3.68. The number of benzene rings is 1. The van der Waals surface area contributed by atoms with Gasteiger partial charge in [0.2, 0.25) is 10.0 Å². The fourth-order valence-corrected chi connectivity index (χ4v) is 4.60. The number of phenols is 1. The molecule has 1 aromatic heterocycles. The van der Waals surface area contributed by atoms with Crippen LogP contribution in [0.5, 0.6) is 5.75 Å². The molecule has 4 nitrogen and oxygen atoms in total. The first-order chi connectivity index (χ1) is 8.88. The van der Waals surface area contributed by atoms with Crippen molar-refractivity contribution in [1.29, 1.82) is 0 Å². The fourth-order valence-electron chi connectivity index (χ4n) is 1.43. The molecule has 0 atom stereocenters. The SMILES string of the molecule is O=S(=O)(NCc1cccc(O)c1)c1cc(Cl)sc1Cl. The topological polar surface area (TPSA) is 66.4 Å². The van der Waals surface area contributed by atoms with Crippen molar-refractivity contribution in [2.75, 3.05) is 0 Å². The zero-order chi connectivity index (χ0) is 14.0. The molecule has 0 unspecified atom stereocenters. The standard InChI is InChI=1S/C11H9Cl2NO3S2/c12-10-5-9(11(13)18-10)19(16,17)14-6-7-2-1-3-8(15)4-7/h1-5,14-15H,6H2. The summed E-state index contributed by atoms with van der Waals surface area (Å²) in [4.78, 5) is -0.0377. The molecule has 102 valence electrons. The van der Waals surface area contributed by atoms with Crippen LogP contribution < -0.4 is 4.72 Å². The molecule has 1 heterocycles. The first-order valence-electron chi connectivity index (χ1n) is 5.11. The van der Waals surface area contributed by atoms with E-state index in [9.17, 15) is 13.5 Å². The summed E-state index contributed by atoms with van der Waals surface area (Å²) in [5, 5.41) is 9.29. The molecule has 2 rings (SSSR count). The number of nitrogens with one attached hydrogen (secondary N) is 1. The molecule has 0 saturated heterocycles. The van der Waals surface area contributed by atoms with Gasteiger partial charge in [0.15, 0.2) is 0 Å². The molecule has 0 bridgehead atoms. The number of rotatable bonds is 4. The van der Waals surface area contributed by atoms with E-state index >= 15 is 0 Å². The fraction of sp³-hybridized carbons (Fsp3) is 0.0909. The quantitative estimate of drug-likeness (QED) is 0.899. The number of phenolic OH excluding ortho intramolecular Hbond substituents is 1. The summed E-state index contributed by atoms with van der Waals surface area (Å²) in [6, 6.07) is 7.62. The summed E-state index contributed by atoms with van der Waals surface area (Å²) < 4.78 is 26.9. The summed E-state index contributed by atoms with van der Waals surface area (Å²) in [5.41, 5.74) is 0.640. The maximum Gasteiger partial charge on any atom is 0.243 e. The van der Waals surface area contributed by atoms with E-state index in [4.69, 9.17) is 23.2 Å². The Bertz CT molecular complexity index is 698. The minimum Gasteiger partial charge on any atom is -0.508 e. The second kappa shape index (κ2) is 5.68. The Morgan fingerprint density at radius 1 is 1.26 bits per heavy atom. The Morgan fingerprint density at radius 3 is 2.58 bits per heavy atom. The third-order valence-electron chi connectivity index (χ3n) is 2.29. The molecule has 0 aliphatic heterocycles. The van der Waals surface area contributed by atoms with E-state index in [1.165, 1.54) is 18.2 Å². The van der Waals surface area contributed by atoms with Gasteiger partial charge < -0.3 is 5.11 Å². The summed E-state index contributed by atoms with van der Waals surface area (Å²) in [6.07, 6.45) is 0. The monoisotopic (exact) mass is 337 g/mol. The Kier molecular flexibility index (Phi) is 4.37. The van der Waals surface area contributed by atoms with Crippen LogP contribution in [-0.2, 0) is 16.6 Å². The lowest BCUT2D eigenvalue weighted by Gasteiger charge is -2.06. The second-order valence-corrected chi connectivity index (χ2v) is 7.70. The van der Waals surface area contributed by atoms with Crippen LogP contribution in [0, 0.1) is 0 Å². The van der Waals surface area contributed by atoms with Crippen molar-refractivity contribution in [3.8, 4) is 5.75 Å². The lowest BCUT2D eigenvalue weighted by Crippen LogP contribution is -2.23. The molecule has 0 aliphatic rings. The van der Waals surface area contributed by atoms with E-state index in [0.29, 0.717) is 9.90 Å². The van der Waals surface area contributed by atoms with Gasteiger partial charge in [-0.15, -0.1) is 11.3 Å². The average molecular weight is 338 g/mol. The molecule has 1 aromatic carbocycles. The van der Waals surface area contributed by atoms with Gasteiger partial charge in [0, 0.05) is 6.54 Å². The van der Waals surface area contributed by atoms with Gasteiger partial charge in [-0.05, 0) is 23.8 Å². The largest absolute Gasteiger partial charge is 0.508 e.